The summed E-state index contributed by atoms with van der Waals surface area (Å²) < 4.78 is 0. The minimum atomic E-state index is -0.559. The maximum absolute atomic E-state index is 11.7. The molecule has 1 saturated carbocycles. The zero-order valence-corrected chi connectivity index (χ0v) is 12.8. The fraction of sp³-hybridized carbons (Fsp3) is 0.938. The highest BCUT2D eigenvalue weighted by molar-refractivity contribution is 5.75. The molecule has 0 amide bonds. The van der Waals surface area contributed by atoms with Gasteiger partial charge in [0, 0.05) is 0 Å². The van der Waals surface area contributed by atoms with E-state index in [1.54, 1.807) is 0 Å². The van der Waals surface area contributed by atoms with E-state index in [2.05, 4.69) is 34.6 Å². The number of hydrogen-bond acceptors (Lipinski definition) is 1. The largest absolute Gasteiger partial charge is 0.481 e. The maximum atomic E-state index is 11.7. The van der Waals surface area contributed by atoms with E-state index in [1.165, 1.54) is 0 Å². The molecule has 0 radical (unpaired) electrons. The van der Waals surface area contributed by atoms with Gasteiger partial charge in [0.2, 0.25) is 0 Å². The van der Waals surface area contributed by atoms with Gasteiger partial charge in [-0.05, 0) is 49.4 Å². The molecule has 0 aliphatic heterocycles. The monoisotopic (exact) mass is 254 g/mol. The van der Waals surface area contributed by atoms with Crippen LogP contribution in [0.15, 0.2) is 0 Å². The molecule has 18 heavy (non-hydrogen) atoms. The molecule has 1 atom stereocenters. The van der Waals surface area contributed by atoms with Gasteiger partial charge in [-0.3, -0.25) is 4.79 Å². The topological polar surface area (TPSA) is 37.3 Å². The third kappa shape index (κ3) is 3.07. The first kappa shape index (κ1) is 15.5. The summed E-state index contributed by atoms with van der Waals surface area (Å²) in [7, 11) is 0. The summed E-state index contributed by atoms with van der Waals surface area (Å²) in [5, 5.41) is 9.67. The average molecular weight is 254 g/mol. The minimum Gasteiger partial charge on any atom is -0.481 e. The third-order valence-electron chi connectivity index (χ3n) is 5.19. The van der Waals surface area contributed by atoms with Gasteiger partial charge in [0.1, 0.15) is 0 Å². The Hall–Kier alpha value is -0.530. The van der Waals surface area contributed by atoms with Crippen LogP contribution in [0.4, 0.5) is 0 Å². The highest BCUT2D eigenvalue weighted by Gasteiger charge is 2.47. The molecule has 0 aromatic carbocycles. The zero-order chi connectivity index (χ0) is 14.0. The Labute approximate surface area is 112 Å². The minimum absolute atomic E-state index is 0.306. The van der Waals surface area contributed by atoms with Crippen molar-refractivity contribution in [3.63, 3.8) is 0 Å². The third-order valence-corrected chi connectivity index (χ3v) is 5.19. The van der Waals surface area contributed by atoms with Gasteiger partial charge in [-0.25, -0.2) is 0 Å². The van der Waals surface area contributed by atoms with E-state index in [1.807, 2.05) is 0 Å². The number of hydrogen-bond donors (Lipinski definition) is 1. The second kappa shape index (κ2) is 5.63. The van der Waals surface area contributed by atoms with Crippen molar-refractivity contribution < 1.29 is 9.90 Å². The summed E-state index contributed by atoms with van der Waals surface area (Å²) in [6.07, 6.45) is 6.00. The Kier molecular flexibility index (Phi) is 4.85. The lowest BCUT2D eigenvalue weighted by atomic mass is 9.59. The highest BCUT2D eigenvalue weighted by Crippen LogP contribution is 2.50. The van der Waals surface area contributed by atoms with Crippen LogP contribution in [0.25, 0.3) is 0 Å². The van der Waals surface area contributed by atoms with Gasteiger partial charge < -0.3 is 5.11 Å². The summed E-state index contributed by atoms with van der Waals surface area (Å²) in [6.45, 7) is 11.1. The molecular formula is C16H30O2. The lowest BCUT2D eigenvalue weighted by Crippen LogP contribution is -2.42. The second-order valence-corrected chi connectivity index (χ2v) is 7.29. The Balaban J connectivity index is 2.78. The molecule has 2 nitrogen and oxygen atoms in total. The normalized spacial score (nSPS) is 31.1. The first-order valence-corrected chi connectivity index (χ1v) is 7.47. The average Bonchev–Trinajstić information content (AvgIpc) is 2.28. The molecule has 2 heteroatoms. The number of carbonyl (C=O) groups is 1. The maximum Gasteiger partial charge on any atom is 0.309 e. The molecule has 0 aromatic heterocycles. The van der Waals surface area contributed by atoms with E-state index < -0.39 is 11.4 Å². The van der Waals surface area contributed by atoms with Crippen molar-refractivity contribution in [2.24, 2.45) is 22.7 Å². The second-order valence-electron chi connectivity index (χ2n) is 7.29. The van der Waals surface area contributed by atoms with Gasteiger partial charge in [-0.1, -0.05) is 41.0 Å². The molecule has 1 aliphatic rings. The van der Waals surface area contributed by atoms with Crippen LogP contribution in [0.1, 0.15) is 73.1 Å². The molecular weight excluding hydrogens is 224 g/mol. The first-order chi connectivity index (χ1) is 8.24. The predicted molar refractivity (Wildman–Crippen MR) is 75.6 cm³/mol. The van der Waals surface area contributed by atoms with Crippen molar-refractivity contribution >= 4 is 5.97 Å². The molecule has 0 heterocycles. The van der Waals surface area contributed by atoms with E-state index in [9.17, 15) is 9.90 Å². The van der Waals surface area contributed by atoms with Crippen LogP contribution in [-0.2, 0) is 4.79 Å². The number of rotatable bonds is 4. The summed E-state index contributed by atoms with van der Waals surface area (Å²) in [5.74, 6) is 0.426. The fourth-order valence-corrected chi connectivity index (χ4v) is 3.63. The van der Waals surface area contributed by atoms with Crippen LogP contribution >= 0.6 is 0 Å². The van der Waals surface area contributed by atoms with Crippen LogP contribution in [-0.4, -0.2) is 11.1 Å². The van der Waals surface area contributed by atoms with Crippen molar-refractivity contribution in [2.45, 2.75) is 73.1 Å². The van der Waals surface area contributed by atoms with Crippen molar-refractivity contribution in [1.29, 1.82) is 0 Å². The van der Waals surface area contributed by atoms with E-state index >= 15 is 0 Å². The molecule has 1 N–H and O–H groups in total. The molecule has 0 aromatic rings. The van der Waals surface area contributed by atoms with E-state index in [4.69, 9.17) is 0 Å². The van der Waals surface area contributed by atoms with Crippen LogP contribution in [0.3, 0.4) is 0 Å². The summed E-state index contributed by atoms with van der Waals surface area (Å²) in [6, 6.07) is 0. The number of carboxylic acids is 1. The highest BCUT2D eigenvalue weighted by atomic mass is 16.4. The molecule has 106 valence electrons. The Bertz CT molecular complexity index is 280. The first-order valence-electron chi connectivity index (χ1n) is 7.47. The fourth-order valence-electron chi connectivity index (χ4n) is 3.63. The summed E-state index contributed by atoms with van der Waals surface area (Å²) >= 11 is 0. The van der Waals surface area contributed by atoms with Gasteiger partial charge in [0.15, 0.2) is 0 Å². The van der Waals surface area contributed by atoms with Crippen LogP contribution in [0, 0.1) is 22.7 Å². The van der Waals surface area contributed by atoms with Crippen molar-refractivity contribution in [1.82, 2.24) is 0 Å². The van der Waals surface area contributed by atoms with E-state index in [0.29, 0.717) is 17.3 Å². The molecule has 0 spiro atoms. The number of aliphatic carboxylic acids is 1. The predicted octanol–water partition coefficient (Wildman–Crippen LogP) is 4.73. The Morgan fingerprint density at radius 1 is 1.33 bits per heavy atom. The zero-order valence-electron chi connectivity index (χ0n) is 12.8. The molecule has 0 bridgehead atoms. The van der Waals surface area contributed by atoms with Gasteiger partial charge in [0.05, 0.1) is 5.41 Å². The summed E-state index contributed by atoms with van der Waals surface area (Å²) in [5.41, 5.74) is -0.129. The van der Waals surface area contributed by atoms with Gasteiger partial charge in [-0.2, -0.15) is 0 Å². The van der Waals surface area contributed by atoms with Gasteiger partial charge in [0.25, 0.3) is 0 Å². The SMILES string of the molecule is CCCC(C)C1(C(=O)O)CCC(C(C)(C)C)CC1. The smallest absolute Gasteiger partial charge is 0.309 e. The molecule has 1 unspecified atom stereocenters. The van der Waals surface area contributed by atoms with Gasteiger partial charge >= 0.3 is 5.97 Å². The Morgan fingerprint density at radius 3 is 2.17 bits per heavy atom. The van der Waals surface area contributed by atoms with E-state index in [0.717, 1.165) is 38.5 Å². The van der Waals surface area contributed by atoms with Crippen LogP contribution in [0.5, 0.6) is 0 Å². The quantitative estimate of drug-likeness (QED) is 0.787. The standard InChI is InChI=1S/C16H30O2/c1-6-7-12(2)16(14(17)18)10-8-13(9-11-16)15(3,4)5/h12-13H,6-11H2,1-5H3,(H,17,18). The lowest BCUT2D eigenvalue weighted by molar-refractivity contribution is -0.156. The molecule has 1 fully saturated rings. The van der Waals surface area contributed by atoms with Crippen molar-refractivity contribution in [3.05, 3.63) is 0 Å². The van der Waals surface area contributed by atoms with Crippen LogP contribution < -0.4 is 0 Å². The summed E-state index contributed by atoms with van der Waals surface area (Å²) in [4.78, 5) is 11.7. The van der Waals surface area contributed by atoms with Gasteiger partial charge in [-0.15, -0.1) is 0 Å². The van der Waals surface area contributed by atoms with E-state index in [-0.39, 0.29) is 0 Å². The molecule has 0 saturated heterocycles. The van der Waals surface area contributed by atoms with Crippen molar-refractivity contribution in [2.75, 3.05) is 0 Å². The van der Waals surface area contributed by atoms with Crippen molar-refractivity contribution in [3.8, 4) is 0 Å². The molecule has 1 rings (SSSR count). The number of carboxylic acid groups (broad SMARTS) is 1. The Morgan fingerprint density at radius 2 is 1.83 bits per heavy atom. The van der Waals surface area contributed by atoms with Crippen LogP contribution in [0.2, 0.25) is 0 Å². The lowest BCUT2D eigenvalue weighted by Gasteiger charge is -2.44. The molecule has 1 aliphatic carbocycles.